The molecule has 25 heavy (non-hydrogen) atoms. The van der Waals surface area contributed by atoms with Crippen molar-refractivity contribution >= 4 is 11.6 Å². The van der Waals surface area contributed by atoms with Crippen LogP contribution in [0.2, 0.25) is 0 Å². The molecule has 2 aromatic rings. The lowest BCUT2D eigenvalue weighted by molar-refractivity contribution is 0.0950. The Morgan fingerprint density at radius 3 is 2.96 bits per heavy atom. The molecule has 1 aliphatic rings. The smallest absolute Gasteiger partial charge is 0.253 e. The van der Waals surface area contributed by atoms with Crippen molar-refractivity contribution in [3.63, 3.8) is 0 Å². The average Bonchev–Trinajstić information content (AvgIpc) is 2.66. The number of nitrogens with one attached hydrogen (secondary N) is 1. The van der Waals surface area contributed by atoms with Gasteiger partial charge in [-0.1, -0.05) is 36.8 Å². The van der Waals surface area contributed by atoms with E-state index in [9.17, 15) is 4.79 Å². The van der Waals surface area contributed by atoms with Crippen molar-refractivity contribution in [2.75, 3.05) is 11.4 Å². The zero-order chi connectivity index (χ0) is 17.6. The molecule has 1 saturated heterocycles. The molecule has 0 radical (unpaired) electrons. The SMILES string of the molecule is CCC1CCCCN1c1cncc(C(=O)NCc2cccc(C)c2)c1. The van der Waals surface area contributed by atoms with Crippen LogP contribution >= 0.6 is 0 Å². The number of nitrogens with zero attached hydrogens (tertiary/aromatic N) is 2. The van der Waals surface area contributed by atoms with Gasteiger partial charge in [0, 0.05) is 25.3 Å². The topological polar surface area (TPSA) is 45.2 Å². The van der Waals surface area contributed by atoms with Gasteiger partial charge < -0.3 is 10.2 Å². The van der Waals surface area contributed by atoms with E-state index in [1.165, 1.54) is 24.8 Å². The van der Waals surface area contributed by atoms with E-state index in [0.717, 1.165) is 24.2 Å². The van der Waals surface area contributed by atoms with Crippen LogP contribution in [0.15, 0.2) is 42.7 Å². The quantitative estimate of drug-likeness (QED) is 0.894. The van der Waals surface area contributed by atoms with Crippen LogP contribution in [0.1, 0.15) is 54.1 Å². The lowest BCUT2D eigenvalue weighted by atomic mass is 9.99. The van der Waals surface area contributed by atoms with E-state index in [1.54, 1.807) is 6.20 Å². The zero-order valence-electron chi connectivity index (χ0n) is 15.2. The number of piperidine rings is 1. The van der Waals surface area contributed by atoms with Crippen LogP contribution in [0.3, 0.4) is 0 Å². The minimum Gasteiger partial charge on any atom is -0.367 e. The van der Waals surface area contributed by atoms with Gasteiger partial charge in [0.2, 0.25) is 0 Å². The Balaban J connectivity index is 1.69. The summed E-state index contributed by atoms with van der Waals surface area (Å²) in [6.07, 6.45) is 8.38. The first-order valence-electron chi connectivity index (χ1n) is 9.23. The molecule has 0 saturated carbocycles. The van der Waals surface area contributed by atoms with Gasteiger partial charge in [0.25, 0.3) is 5.91 Å². The molecule has 1 fully saturated rings. The first kappa shape index (κ1) is 17.5. The summed E-state index contributed by atoms with van der Waals surface area (Å²) >= 11 is 0. The van der Waals surface area contributed by atoms with Crippen LogP contribution < -0.4 is 10.2 Å². The second-order valence-corrected chi connectivity index (χ2v) is 6.85. The number of benzene rings is 1. The van der Waals surface area contributed by atoms with Gasteiger partial charge in [0.1, 0.15) is 0 Å². The molecule has 0 aliphatic carbocycles. The minimum atomic E-state index is -0.0686. The summed E-state index contributed by atoms with van der Waals surface area (Å²) in [4.78, 5) is 19.2. The van der Waals surface area contributed by atoms with Crippen LogP contribution in [0.25, 0.3) is 0 Å². The molecule has 2 heterocycles. The van der Waals surface area contributed by atoms with Gasteiger partial charge in [-0.2, -0.15) is 0 Å². The molecule has 1 aromatic heterocycles. The van der Waals surface area contributed by atoms with Crippen molar-refractivity contribution < 1.29 is 4.79 Å². The molecule has 0 bridgehead atoms. The summed E-state index contributed by atoms with van der Waals surface area (Å²) in [6, 6.07) is 10.7. The predicted octanol–water partition coefficient (Wildman–Crippen LogP) is 4.09. The third-order valence-corrected chi connectivity index (χ3v) is 4.95. The van der Waals surface area contributed by atoms with Crippen molar-refractivity contribution in [2.24, 2.45) is 0 Å². The Hall–Kier alpha value is -2.36. The molecule has 1 N–H and O–H groups in total. The second-order valence-electron chi connectivity index (χ2n) is 6.85. The predicted molar refractivity (Wildman–Crippen MR) is 102 cm³/mol. The molecular formula is C21H27N3O. The number of amides is 1. The number of pyridine rings is 1. The fourth-order valence-corrected chi connectivity index (χ4v) is 3.58. The molecule has 132 valence electrons. The molecule has 1 atom stereocenters. The van der Waals surface area contributed by atoms with E-state index < -0.39 is 0 Å². The zero-order valence-corrected chi connectivity index (χ0v) is 15.2. The minimum absolute atomic E-state index is 0.0686. The third kappa shape index (κ3) is 4.38. The largest absolute Gasteiger partial charge is 0.367 e. The summed E-state index contributed by atoms with van der Waals surface area (Å²) in [5.41, 5.74) is 4.01. The maximum Gasteiger partial charge on any atom is 0.253 e. The summed E-state index contributed by atoms with van der Waals surface area (Å²) < 4.78 is 0. The van der Waals surface area contributed by atoms with Crippen LogP contribution in [0, 0.1) is 6.92 Å². The number of rotatable bonds is 5. The van der Waals surface area contributed by atoms with Gasteiger partial charge in [0.15, 0.2) is 0 Å². The van der Waals surface area contributed by atoms with Gasteiger partial charge in [0.05, 0.1) is 17.4 Å². The lowest BCUT2D eigenvalue weighted by Gasteiger charge is -2.37. The van der Waals surface area contributed by atoms with Gasteiger partial charge >= 0.3 is 0 Å². The van der Waals surface area contributed by atoms with E-state index in [2.05, 4.69) is 41.2 Å². The molecular weight excluding hydrogens is 310 g/mol. The Morgan fingerprint density at radius 1 is 1.28 bits per heavy atom. The molecule has 4 nitrogen and oxygen atoms in total. The maximum absolute atomic E-state index is 12.5. The highest BCUT2D eigenvalue weighted by molar-refractivity contribution is 5.94. The summed E-state index contributed by atoms with van der Waals surface area (Å²) in [5.74, 6) is -0.0686. The Bertz CT molecular complexity index is 729. The fraction of sp³-hybridized carbons (Fsp3) is 0.429. The summed E-state index contributed by atoms with van der Waals surface area (Å²) in [6.45, 7) is 5.87. The summed E-state index contributed by atoms with van der Waals surface area (Å²) in [7, 11) is 0. The van der Waals surface area contributed by atoms with Crippen LogP contribution in [0.4, 0.5) is 5.69 Å². The molecule has 0 spiro atoms. The molecule has 4 heteroatoms. The first-order valence-corrected chi connectivity index (χ1v) is 9.23. The Morgan fingerprint density at radius 2 is 2.16 bits per heavy atom. The lowest BCUT2D eigenvalue weighted by Crippen LogP contribution is -2.39. The number of aromatic nitrogens is 1. The highest BCUT2D eigenvalue weighted by atomic mass is 16.1. The molecule has 1 unspecified atom stereocenters. The van der Waals surface area contributed by atoms with Crippen LogP contribution in [0.5, 0.6) is 0 Å². The van der Waals surface area contributed by atoms with E-state index in [0.29, 0.717) is 18.2 Å². The molecule has 1 aromatic carbocycles. The average molecular weight is 337 g/mol. The van der Waals surface area contributed by atoms with Crippen LogP contribution in [-0.4, -0.2) is 23.5 Å². The molecule has 1 amide bonds. The van der Waals surface area contributed by atoms with E-state index in [-0.39, 0.29) is 5.91 Å². The van der Waals surface area contributed by atoms with Crippen LogP contribution in [-0.2, 0) is 6.54 Å². The number of hydrogen-bond acceptors (Lipinski definition) is 3. The number of aryl methyl sites for hydroxylation is 1. The number of anilines is 1. The molecule has 3 rings (SSSR count). The number of carbonyl (C=O) groups excluding carboxylic acids is 1. The highest BCUT2D eigenvalue weighted by Gasteiger charge is 2.22. The second kappa shape index (κ2) is 8.15. The Kier molecular flexibility index (Phi) is 5.69. The van der Waals surface area contributed by atoms with Gasteiger partial charge in [-0.25, -0.2) is 0 Å². The monoisotopic (exact) mass is 337 g/mol. The highest BCUT2D eigenvalue weighted by Crippen LogP contribution is 2.26. The van der Waals surface area contributed by atoms with Crippen molar-refractivity contribution in [2.45, 2.75) is 52.1 Å². The summed E-state index contributed by atoms with van der Waals surface area (Å²) in [5, 5.41) is 3.00. The first-order chi connectivity index (χ1) is 12.2. The Labute approximate surface area is 150 Å². The van der Waals surface area contributed by atoms with Gasteiger partial charge in [-0.15, -0.1) is 0 Å². The van der Waals surface area contributed by atoms with Crippen molar-refractivity contribution in [1.82, 2.24) is 10.3 Å². The van der Waals surface area contributed by atoms with E-state index in [4.69, 9.17) is 0 Å². The van der Waals surface area contributed by atoms with Crippen molar-refractivity contribution in [1.29, 1.82) is 0 Å². The van der Waals surface area contributed by atoms with Crippen molar-refractivity contribution in [3.8, 4) is 0 Å². The van der Waals surface area contributed by atoms with Crippen molar-refractivity contribution in [3.05, 3.63) is 59.4 Å². The van der Waals surface area contributed by atoms with Gasteiger partial charge in [-0.3, -0.25) is 9.78 Å². The van der Waals surface area contributed by atoms with E-state index in [1.807, 2.05) is 24.4 Å². The fourth-order valence-electron chi connectivity index (χ4n) is 3.58. The third-order valence-electron chi connectivity index (χ3n) is 4.95. The van der Waals surface area contributed by atoms with E-state index >= 15 is 0 Å². The number of hydrogen-bond donors (Lipinski definition) is 1. The standard InChI is InChI=1S/C21H27N3O/c1-3-19-9-4-5-10-24(19)20-12-18(14-22-15-20)21(25)23-13-17-8-6-7-16(2)11-17/h6-8,11-12,14-15,19H,3-5,9-10,13H2,1-2H3,(H,23,25). The number of carbonyl (C=O) groups is 1. The normalized spacial score (nSPS) is 17.4. The molecule has 1 aliphatic heterocycles. The van der Waals surface area contributed by atoms with Gasteiger partial charge in [-0.05, 0) is 44.2 Å². The maximum atomic E-state index is 12.5.